The van der Waals surface area contributed by atoms with Crippen LogP contribution in [-0.2, 0) is 11.2 Å². The minimum atomic E-state index is -0.460. The van der Waals surface area contributed by atoms with E-state index >= 15 is 0 Å². The first-order chi connectivity index (χ1) is 13.1. The third-order valence-corrected chi connectivity index (χ3v) is 4.76. The molecule has 1 aromatic carbocycles. The van der Waals surface area contributed by atoms with E-state index in [4.69, 9.17) is 13.9 Å². The molecule has 0 unspecified atom stereocenters. The molecule has 3 aromatic rings. The van der Waals surface area contributed by atoms with Crippen molar-refractivity contribution in [3.63, 3.8) is 0 Å². The summed E-state index contributed by atoms with van der Waals surface area (Å²) in [7, 11) is 0. The summed E-state index contributed by atoms with van der Waals surface area (Å²) in [5, 5.41) is 1.92. The molecule has 0 atom stereocenters. The van der Waals surface area contributed by atoms with Crippen LogP contribution in [0.1, 0.15) is 21.8 Å². The summed E-state index contributed by atoms with van der Waals surface area (Å²) in [6.45, 7) is 1.87. The third kappa shape index (κ3) is 3.63. The first kappa shape index (κ1) is 17.1. The van der Waals surface area contributed by atoms with Gasteiger partial charge in [-0.2, -0.15) is 0 Å². The Hall–Kier alpha value is -3.33. The number of benzene rings is 1. The number of hydrazine groups is 1. The maximum absolute atomic E-state index is 12.2. The zero-order valence-electron chi connectivity index (χ0n) is 14.3. The molecule has 0 spiro atoms. The summed E-state index contributed by atoms with van der Waals surface area (Å²) in [4.78, 5) is 29.6. The number of hydrogen-bond donors (Lipinski definition) is 2. The second-order valence-electron chi connectivity index (χ2n) is 5.75. The van der Waals surface area contributed by atoms with Crippen LogP contribution in [-0.4, -0.2) is 23.6 Å². The van der Waals surface area contributed by atoms with Gasteiger partial charge in [-0.05, 0) is 36.6 Å². The van der Waals surface area contributed by atoms with E-state index in [0.717, 1.165) is 4.88 Å². The van der Waals surface area contributed by atoms with Crippen LogP contribution < -0.4 is 20.3 Å². The van der Waals surface area contributed by atoms with Gasteiger partial charge in [0.25, 0.3) is 5.91 Å². The van der Waals surface area contributed by atoms with Crippen molar-refractivity contribution in [1.29, 1.82) is 0 Å². The van der Waals surface area contributed by atoms with Gasteiger partial charge in [-0.25, -0.2) is 4.98 Å². The lowest BCUT2D eigenvalue weighted by Gasteiger charge is -2.07. The zero-order chi connectivity index (χ0) is 18.8. The molecule has 0 aliphatic carbocycles. The molecular weight excluding hydrogens is 370 g/mol. The van der Waals surface area contributed by atoms with Gasteiger partial charge in [0.2, 0.25) is 18.6 Å². The first-order valence-electron chi connectivity index (χ1n) is 8.09. The standard InChI is InChI=1S/C18H15N3O5S/c1-10-12(19-18(26-10)15-3-2-6-27-15)8-16(22)20-21-17(23)11-4-5-13-14(7-11)25-9-24-13/h2-7H,8-9H2,1H3,(H,20,22)(H,21,23). The van der Waals surface area contributed by atoms with Gasteiger partial charge in [-0.3, -0.25) is 20.4 Å². The van der Waals surface area contributed by atoms with Crippen molar-refractivity contribution in [2.45, 2.75) is 13.3 Å². The number of nitrogens with zero attached hydrogens (tertiary/aromatic N) is 1. The summed E-state index contributed by atoms with van der Waals surface area (Å²) in [5.74, 6) is 1.26. The molecule has 1 aliphatic rings. The molecule has 3 heterocycles. The van der Waals surface area contributed by atoms with Crippen molar-refractivity contribution in [3.05, 3.63) is 52.7 Å². The molecule has 138 valence electrons. The molecule has 0 saturated carbocycles. The van der Waals surface area contributed by atoms with E-state index in [1.807, 2.05) is 17.5 Å². The van der Waals surface area contributed by atoms with E-state index in [1.54, 1.807) is 25.1 Å². The molecule has 2 amide bonds. The lowest BCUT2D eigenvalue weighted by Crippen LogP contribution is -2.42. The highest BCUT2D eigenvalue weighted by Gasteiger charge is 2.18. The second-order valence-corrected chi connectivity index (χ2v) is 6.69. The molecule has 4 rings (SSSR count). The number of amides is 2. The average molecular weight is 385 g/mol. The third-order valence-electron chi connectivity index (χ3n) is 3.90. The van der Waals surface area contributed by atoms with Crippen molar-refractivity contribution in [2.24, 2.45) is 0 Å². The van der Waals surface area contributed by atoms with Gasteiger partial charge in [-0.1, -0.05) is 6.07 Å². The lowest BCUT2D eigenvalue weighted by molar-refractivity contribution is -0.121. The number of rotatable bonds is 4. The fourth-order valence-corrected chi connectivity index (χ4v) is 3.18. The predicted octanol–water partition coefficient (Wildman–Crippen LogP) is 2.44. The number of hydrogen-bond acceptors (Lipinski definition) is 7. The Balaban J connectivity index is 1.35. The van der Waals surface area contributed by atoms with E-state index in [9.17, 15) is 9.59 Å². The summed E-state index contributed by atoms with van der Waals surface area (Å²) in [6, 6.07) is 8.58. The summed E-state index contributed by atoms with van der Waals surface area (Å²) in [6.07, 6.45) is -0.0118. The molecule has 27 heavy (non-hydrogen) atoms. The van der Waals surface area contributed by atoms with E-state index in [-0.39, 0.29) is 13.2 Å². The van der Waals surface area contributed by atoms with Crippen LogP contribution >= 0.6 is 11.3 Å². The Morgan fingerprint density at radius 3 is 2.85 bits per heavy atom. The number of thiophene rings is 1. The van der Waals surface area contributed by atoms with E-state index in [1.165, 1.54) is 11.3 Å². The Morgan fingerprint density at radius 1 is 1.19 bits per heavy atom. The fourth-order valence-electron chi connectivity index (χ4n) is 2.53. The minimum Gasteiger partial charge on any atom is -0.454 e. The van der Waals surface area contributed by atoms with Gasteiger partial charge in [-0.15, -0.1) is 11.3 Å². The molecular formula is C18H15N3O5S. The number of ether oxygens (including phenoxy) is 2. The minimum absolute atomic E-state index is 0.0118. The summed E-state index contributed by atoms with van der Waals surface area (Å²) >= 11 is 1.50. The van der Waals surface area contributed by atoms with E-state index in [0.29, 0.717) is 34.4 Å². The molecule has 9 heteroatoms. The number of fused-ring (bicyclic) bond motifs is 1. The van der Waals surface area contributed by atoms with Crippen LogP contribution in [0.5, 0.6) is 11.5 Å². The highest BCUT2D eigenvalue weighted by atomic mass is 32.1. The Labute approximate surface area is 158 Å². The topological polar surface area (TPSA) is 103 Å². The number of nitrogens with one attached hydrogen (secondary N) is 2. The quantitative estimate of drug-likeness (QED) is 0.669. The second kappa shape index (κ2) is 7.12. The first-order valence-corrected chi connectivity index (χ1v) is 8.97. The fraction of sp³-hybridized carbons (Fsp3) is 0.167. The van der Waals surface area contributed by atoms with Crippen LogP contribution in [0.15, 0.2) is 40.1 Å². The molecule has 1 aliphatic heterocycles. The van der Waals surface area contributed by atoms with Crippen LogP contribution in [0.3, 0.4) is 0 Å². The van der Waals surface area contributed by atoms with Crippen LogP contribution in [0.25, 0.3) is 10.8 Å². The van der Waals surface area contributed by atoms with Gasteiger partial charge in [0.05, 0.1) is 17.0 Å². The maximum Gasteiger partial charge on any atom is 0.269 e. The molecule has 8 nitrogen and oxygen atoms in total. The van der Waals surface area contributed by atoms with Crippen molar-refractivity contribution >= 4 is 23.2 Å². The van der Waals surface area contributed by atoms with Gasteiger partial charge in [0.1, 0.15) is 5.76 Å². The van der Waals surface area contributed by atoms with Crippen LogP contribution in [0.2, 0.25) is 0 Å². The van der Waals surface area contributed by atoms with Crippen LogP contribution in [0, 0.1) is 6.92 Å². The molecule has 0 bridgehead atoms. The normalized spacial score (nSPS) is 12.0. The maximum atomic E-state index is 12.2. The molecule has 0 fully saturated rings. The van der Waals surface area contributed by atoms with Crippen molar-refractivity contribution in [3.8, 4) is 22.3 Å². The summed E-state index contributed by atoms with van der Waals surface area (Å²) in [5.41, 5.74) is 5.62. The van der Waals surface area contributed by atoms with Gasteiger partial charge in [0.15, 0.2) is 11.5 Å². The van der Waals surface area contributed by atoms with Gasteiger partial charge >= 0.3 is 0 Å². The number of oxazole rings is 1. The largest absolute Gasteiger partial charge is 0.454 e. The predicted molar refractivity (Wildman–Crippen MR) is 96.4 cm³/mol. The Kier molecular flexibility index (Phi) is 4.51. The van der Waals surface area contributed by atoms with Crippen LogP contribution in [0.4, 0.5) is 0 Å². The highest BCUT2D eigenvalue weighted by Crippen LogP contribution is 2.32. The van der Waals surface area contributed by atoms with Crippen molar-refractivity contribution in [1.82, 2.24) is 15.8 Å². The number of carbonyl (C=O) groups is 2. The number of aryl methyl sites for hydroxylation is 1. The van der Waals surface area contributed by atoms with E-state index in [2.05, 4.69) is 15.8 Å². The monoisotopic (exact) mass is 385 g/mol. The zero-order valence-corrected chi connectivity index (χ0v) is 15.1. The SMILES string of the molecule is Cc1oc(-c2cccs2)nc1CC(=O)NNC(=O)c1ccc2c(c1)OCO2. The van der Waals surface area contributed by atoms with Gasteiger partial charge in [0, 0.05) is 5.56 Å². The smallest absolute Gasteiger partial charge is 0.269 e. The highest BCUT2D eigenvalue weighted by molar-refractivity contribution is 7.13. The molecule has 0 radical (unpaired) electrons. The molecule has 2 aromatic heterocycles. The van der Waals surface area contributed by atoms with Crippen molar-refractivity contribution < 1.29 is 23.5 Å². The van der Waals surface area contributed by atoms with Crippen molar-refractivity contribution in [2.75, 3.05) is 6.79 Å². The Morgan fingerprint density at radius 2 is 2.04 bits per heavy atom. The number of carbonyl (C=O) groups excluding carboxylic acids is 2. The van der Waals surface area contributed by atoms with Gasteiger partial charge < -0.3 is 13.9 Å². The number of aromatic nitrogens is 1. The molecule has 2 N–H and O–H groups in total. The average Bonchev–Trinajstić information content (AvgIpc) is 3.40. The lowest BCUT2D eigenvalue weighted by atomic mass is 10.2. The molecule has 0 saturated heterocycles. The van der Waals surface area contributed by atoms with E-state index < -0.39 is 11.8 Å². The summed E-state index contributed by atoms with van der Waals surface area (Å²) < 4.78 is 16.0. The Bertz CT molecular complexity index is 997.